The molecule has 0 aliphatic heterocycles. The van der Waals surface area contributed by atoms with E-state index in [9.17, 15) is 14.4 Å². The van der Waals surface area contributed by atoms with E-state index >= 15 is 0 Å². The fourth-order valence-electron chi connectivity index (χ4n) is 9.48. The number of esters is 3. The van der Waals surface area contributed by atoms with Gasteiger partial charge in [0, 0.05) is 19.3 Å². The van der Waals surface area contributed by atoms with E-state index < -0.39 is 6.10 Å². The summed E-state index contributed by atoms with van der Waals surface area (Å²) >= 11 is 0. The molecular formula is C73H126O6. The molecule has 0 aromatic heterocycles. The fraction of sp³-hybridized carbons (Fsp3) is 0.740. The maximum atomic E-state index is 12.9. The van der Waals surface area contributed by atoms with Gasteiger partial charge in [-0.05, 0) is 116 Å². The lowest BCUT2D eigenvalue weighted by Gasteiger charge is -2.18. The van der Waals surface area contributed by atoms with Crippen LogP contribution in [0.25, 0.3) is 0 Å². The van der Waals surface area contributed by atoms with E-state index in [1.54, 1.807) is 0 Å². The molecule has 0 aromatic rings. The lowest BCUT2D eigenvalue weighted by molar-refractivity contribution is -0.167. The summed E-state index contributed by atoms with van der Waals surface area (Å²) < 4.78 is 16.9. The minimum atomic E-state index is -0.796. The highest BCUT2D eigenvalue weighted by atomic mass is 16.6. The van der Waals surface area contributed by atoms with Crippen molar-refractivity contribution in [3.63, 3.8) is 0 Å². The summed E-state index contributed by atoms with van der Waals surface area (Å²) in [5.74, 6) is -0.914. The molecule has 79 heavy (non-hydrogen) atoms. The van der Waals surface area contributed by atoms with Crippen molar-refractivity contribution >= 4 is 17.9 Å². The number of carbonyl (C=O) groups excluding carboxylic acids is 3. The van der Waals surface area contributed by atoms with E-state index in [-0.39, 0.29) is 31.1 Å². The molecule has 0 saturated carbocycles. The minimum Gasteiger partial charge on any atom is -0.462 e. The van der Waals surface area contributed by atoms with Crippen molar-refractivity contribution in [1.82, 2.24) is 0 Å². The smallest absolute Gasteiger partial charge is 0.306 e. The Morgan fingerprint density at radius 3 is 0.823 bits per heavy atom. The van der Waals surface area contributed by atoms with Crippen molar-refractivity contribution in [2.45, 2.75) is 335 Å². The molecule has 0 saturated heterocycles. The summed E-state index contributed by atoms with van der Waals surface area (Å²) in [5.41, 5.74) is 0. The number of rotatable bonds is 61. The Morgan fingerprint density at radius 2 is 0.506 bits per heavy atom. The van der Waals surface area contributed by atoms with Crippen molar-refractivity contribution in [3.05, 3.63) is 97.2 Å². The molecule has 0 rings (SSSR count). The van der Waals surface area contributed by atoms with Crippen LogP contribution in [0.3, 0.4) is 0 Å². The molecule has 0 aliphatic carbocycles. The third kappa shape index (κ3) is 65.0. The van der Waals surface area contributed by atoms with Gasteiger partial charge in [-0.1, -0.05) is 291 Å². The van der Waals surface area contributed by atoms with Gasteiger partial charge in [-0.25, -0.2) is 0 Å². The molecule has 1 unspecified atom stereocenters. The van der Waals surface area contributed by atoms with Crippen LogP contribution in [0.15, 0.2) is 97.2 Å². The SMILES string of the molecule is CC/C=C\C/C=C\C/C=C\C/C=C\C/C=C\C/C=C\CCCCCCC(=O)OC(COC(=O)CCCCCCC/C=C\CCCC)COC(=O)CCCCCCCCCCCCCCCCC/C=C\CCCCCCCCCC. The average molecular weight is 1100 g/mol. The maximum absolute atomic E-state index is 12.9. The van der Waals surface area contributed by atoms with Crippen LogP contribution in [-0.2, 0) is 28.6 Å². The van der Waals surface area contributed by atoms with Gasteiger partial charge in [0.2, 0.25) is 0 Å². The first kappa shape index (κ1) is 75.3. The van der Waals surface area contributed by atoms with E-state index in [0.717, 1.165) is 116 Å². The zero-order valence-corrected chi connectivity index (χ0v) is 52.1. The summed E-state index contributed by atoms with van der Waals surface area (Å²) in [5, 5.41) is 0. The molecule has 0 bridgehead atoms. The van der Waals surface area contributed by atoms with Crippen LogP contribution in [0.4, 0.5) is 0 Å². The second kappa shape index (κ2) is 66.8. The highest BCUT2D eigenvalue weighted by molar-refractivity contribution is 5.71. The minimum absolute atomic E-state index is 0.0893. The zero-order valence-electron chi connectivity index (χ0n) is 52.1. The van der Waals surface area contributed by atoms with Crippen LogP contribution in [-0.4, -0.2) is 37.2 Å². The monoisotopic (exact) mass is 1100 g/mol. The largest absolute Gasteiger partial charge is 0.462 e. The summed E-state index contributed by atoms with van der Waals surface area (Å²) in [6.07, 6.45) is 90.1. The predicted octanol–water partition coefficient (Wildman–Crippen LogP) is 23.2. The van der Waals surface area contributed by atoms with Crippen molar-refractivity contribution in [2.75, 3.05) is 13.2 Å². The van der Waals surface area contributed by atoms with E-state index in [1.165, 1.54) is 173 Å². The molecular weight excluding hydrogens is 973 g/mol. The number of unbranched alkanes of at least 4 members (excludes halogenated alkanes) is 34. The first-order valence-electron chi connectivity index (χ1n) is 33.7. The summed E-state index contributed by atoms with van der Waals surface area (Å²) in [7, 11) is 0. The summed E-state index contributed by atoms with van der Waals surface area (Å²) in [4.78, 5) is 38.3. The van der Waals surface area contributed by atoms with Crippen molar-refractivity contribution in [3.8, 4) is 0 Å². The normalized spacial score (nSPS) is 12.7. The predicted molar refractivity (Wildman–Crippen MR) is 344 cm³/mol. The van der Waals surface area contributed by atoms with E-state index in [1.807, 2.05) is 0 Å². The van der Waals surface area contributed by atoms with Crippen LogP contribution in [0, 0.1) is 0 Å². The molecule has 0 aliphatic rings. The van der Waals surface area contributed by atoms with Gasteiger partial charge in [-0.3, -0.25) is 14.4 Å². The number of hydrogen-bond acceptors (Lipinski definition) is 6. The van der Waals surface area contributed by atoms with Crippen LogP contribution in [0.5, 0.6) is 0 Å². The van der Waals surface area contributed by atoms with Gasteiger partial charge in [-0.15, -0.1) is 0 Å². The standard InChI is InChI=1S/C73H126O6/c1-4-7-10-13-16-19-22-24-26-28-30-32-34-35-36-37-39-40-42-44-46-48-51-54-57-60-63-66-72(75)78-69-70(68-77-71(74)65-62-59-56-53-50-21-18-15-12-9-6-3)79-73(76)67-64-61-58-55-52-49-47-45-43-41-38-33-31-29-27-25-23-20-17-14-11-8-5-2/h8,11,15,17-18,20,25,27-28,30-31,33,41,43,47,49,70H,4-7,9-10,12-14,16,19,21-24,26,29,32,34-40,42,44-46,48,50-69H2,1-3H3/b11-8-,18-15-,20-17-,27-25-,30-28-,33-31-,43-41-,49-47-. The van der Waals surface area contributed by atoms with Gasteiger partial charge < -0.3 is 14.2 Å². The molecule has 6 heteroatoms. The Kier molecular flexibility index (Phi) is 63.7. The van der Waals surface area contributed by atoms with Crippen molar-refractivity contribution in [2.24, 2.45) is 0 Å². The average Bonchev–Trinajstić information content (AvgIpc) is 3.45. The lowest BCUT2D eigenvalue weighted by atomic mass is 10.0. The Hall–Kier alpha value is -3.67. The lowest BCUT2D eigenvalue weighted by Crippen LogP contribution is -2.30. The topological polar surface area (TPSA) is 78.9 Å². The molecule has 0 radical (unpaired) electrons. The van der Waals surface area contributed by atoms with Gasteiger partial charge in [0.25, 0.3) is 0 Å². The number of ether oxygens (including phenoxy) is 3. The van der Waals surface area contributed by atoms with E-state index in [2.05, 4.69) is 118 Å². The first-order valence-corrected chi connectivity index (χ1v) is 33.7. The fourth-order valence-corrected chi connectivity index (χ4v) is 9.48. The Morgan fingerprint density at radius 1 is 0.266 bits per heavy atom. The molecule has 0 spiro atoms. The number of allylic oxidation sites excluding steroid dienone is 16. The maximum Gasteiger partial charge on any atom is 0.306 e. The van der Waals surface area contributed by atoms with Crippen LogP contribution < -0.4 is 0 Å². The molecule has 454 valence electrons. The second-order valence-electron chi connectivity index (χ2n) is 22.3. The molecule has 0 N–H and O–H groups in total. The number of carbonyl (C=O) groups is 3. The Balaban J connectivity index is 4.28. The molecule has 6 nitrogen and oxygen atoms in total. The Bertz CT molecular complexity index is 1540. The molecule has 0 heterocycles. The van der Waals surface area contributed by atoms with Crippen molar-refractivity contribution in [1.29, 1.82) is 0 Å². The van der Waals surface area contributed by atoms with Gasteiger partial charge in [0.15, 0.2) is 6.10 Å². The second-order valence-corrected chi connectivity index (χ2v) is 22.3. The molecule has 1 atom stereocenters. The zero-order chi connectivity index (χ0) is 57.1. The highest BCUT2D eigenvalue weighted by Crippen LogP contribution is 2.17. The molecule has 0 fully saturated rings. The molecule has 0 aromatic carbocycles. The third-order valence-corrected chi connectivity index (χ3v) is 14.5. The van der Waals surface area contributed by atoms with Gasteiger partial charge in [-0.2, -0.15) is 0 Å². The van der Waals surface area contributed by atoms with Crippen LogP contribution >= 0.6 is 0 Å². The van der Waals surface area contributed by atoms with Gasteiger partial charge in [0.1, 0.15) is 13.2 Å². The van der Waals surface area contributed by atoms with Crippen LogP contribution in [0.2, 0.25) is 0 Å². The van der Waals surface area contributed by atoms with Crippen molar-refractivity contribution < 1.29 is 28.6 Å². The quantitative estimate of drug-likeness (QED) is 0.0261. The number of hydrogen-bond donors (Lipinski definition) is 0. The van der Waals surface area contributed by atoms with E-state index in [4.69, 9.17) is 14.2 Å². The van der Waals surface area contributed by atoms with E-state index in [0.29, 0.717) is 19.3 Å². The Labute approximate surface area is 489 Å². The highest BCUT2D eigenvalue weighted by Gasteiger charge is 2.19. The van der Waals surface area contributed by atoms with Gasteiger partial charge >= 0.3 is 17.9 Å². The summed E-state index contributed by atoms with van der Waals surface area (Å²) in [6.45, 7) is 6.49. The molecule has 0 amide bonds. The van der Waals surface area contributed by atoms with Crippen LogP contribution in [0.1, 0.15) is 329 Å². The first-order chi connectivity index (χ1) is 39.0. The summed E-state index contributed by atoms with van der Waals surface area (Å²) in [6, 6.07) is 0. The van der Waals surface area contributed by atoms with Gasteiger partial charge in [0.05, 0.1) is 0 Å². The third-order valence-electron chi connectivity index (χ3n) is 14.5.